The fourth-order valence-corrected chi connectivity index (χ4v) is 3.06. The molecule has 0 atom stereocenters. The van der Waals surface area contributed by atoms with E-state index in [2.05, 4.69) is 9.97 Å². The van der Waals surface area contributed by atoms with Crippen molar-refractivity contribution in [3.05, 3.63) is 71.6 Å². The van der Waals surface area contributed by atoms with Crippen LogP contribution in [-0.4, -0.2) is 15.9 Å². The van der Waals surface area contributed by atoms with Crippen LogP contribution in [0.3, 0.4) is 0 Å². The minimum absolute atomic E-state index is 0.0221. The van der Waals surface area contributed by atoms with E-state index in [4.69, 9.17) is 9.15 Å². The lowest BCUT2D eigenvalue weighted by molar-refractivity contribution is 0.0434. The number of rotatable bonds is 4. The van der Waals surface area contributed by atoms with Crippen LogP contribution < -0.4 is 0 Å². The Kier molecular flexibility index (Phi) is 3.80. The summed E-state index contributed by atoms with van der Waals surface area (Å²) in [5, 5.41) is 2.47. The van der Waals surface area contributed by atoms with Crippen molar-refractivity contribution in [2.24, 2.45) is 0 Å². The van der Waals surface area contributed by atoms with Crippen LogP contribution in [0.25, 0.3) is 21.7 Å². The average Bonchev–Trinajstić information content (AvgIpc) is 3.27. The van der Waals surface area contributed by atoms with Crippen molar-refractivity contribution < 1.29 is 13.9 Å². The van der Waals surface area contributed by atoms with Gasteiger partial charge < -0.3 is 9.15 Å². The van der Waals surface area contributed by atoms with Gasteiger partial charge in [0.1, 0.15) is 10.5 Å². The molecule has 118 valence electrons. The van der Waals surface area contributed by atoms with Crippen LogP contribution in [0.15, 0.2) is 64.4 Å². The van der Waals surface area contributed by atoms with Crippen LogP contribution in [0, 0.1) is 0 Å². The van der Waals surface area contributed by atoms with Crippen molar-refractivity contribution in [3.8, 4) is 10.6 Å². The van der Waals surface area contributed by atoms with Crippen LogP contribution in [-0.2, 0) is 11.3 Å². The minimum Gasteiger partial charge on any atom is -0.451 e. The number of thiazole rings is 1. The van der Waals surface area contributed by atoms with Gasteiger partial charge in [0.15, 0.2) is 17.9 Å². The third-order valence-corrected chi connectivity index (χ3v) is 4.29. The van der Waals surface area contributed by atoms with Gasteiger partial charge in [-0.2, -0.15) is 0 Å². The second-order valence-corrected chi connectivity index (χ2v) is 5.91. The fraction of sp³-hybridized carbons (Fsp3) is 0.0556. The summed E-state index contributed by atoms with van der Waals surface area (Å²) in [5.41, 5.74) is 2.67. The first-order chi connectivity index (χ1) is 11.8. The van der Waals surface area contributed by atoms with Gasteiger partial charge in [-0.3, -0.25) is 0 Å². The van der Waals surface area contributed by atoms with Crippen LogP contribution >= 0.6 is 11.3 Å². The van der Waals surface area contributed by atoms with Gasteiger partial charge >= 0.3 is 5.97 Å². The minimum atomic E-state index is -0.490. The number of hydrogen-bond acceptors (Lipinski definition) is 6. The molecule has 0 unspecified atom stereocenters. The highest BCUT2D eigenvalue weighted by Gasteiger charge is 2.15. The molecule has 0 saturated carbocycles. The van der Waals surface area contributed by atoms with E-state index < -0.39 is 5.97 Å². The maximum Gasteiger partial charge on any atom is 0.358 e. The maximum atomic E-state index is 12.1. The summed E-state index contributed by atoms with van der Waals surface area (Å²) in [4.78, 5) is 20.7. The Bertz CT molecular complexity index is 959. The number of ether oxygens (including phenoxy) is 1. The molecule has 0 fully saturated rings. The number of fused-ring (bicyclic) bond motifs is 1. The van der Waals surface area contributed by atoms with E-state index >= 15 is 0 Å². The van der Waals surface area contributed by atoms with Crippen molar-refractivity contribution in [2.45, 2.75) is 6.61 Å². The van der Waals surface area contributed by atoms with E-state index in [0.29, 0.717) is 11.5 Å². The van der Waals surface area contributed by atoms with Gasteiger partial charge in [0.25, 0.3) is 0 Å². The number of carbonyl (C=O) groups excluding carboxylic acids is 1. The molecule has 0 aliphatic heterocycles. The fourth-order valence-electron chi connectivity index (χ4n) is 2.26. The standard InChI is InChI=1S/C18H12N2O3S/c21-18(14-11-24-17(20-14)12-6-2-1-3-7-12)22-10-16-19-13-8-4-5-9-15(13)23-16/h1-9,11H,10H2. The second-order valence-electron chi connectivity index (χ2n) is 5.06. The lowest BCUT2D eigenvalue weighted by Gasteiger charge is -1.99. The average molecular weight is 336 g/mol. The Hall–Kier alpha value is -2.99. The summed E-state index contributed by atoms with van der Waals surface area (Å²) in [7, 11) is 0. The maximum absolute atomic E-state index is 12.1. The molecular weight excluding hydrogens is 324 g/mol. The molecule has 6 heteroatoms. The van der Waals surface area contributed by atoms with Gasteiger partial charge in [-0.1, -0.05) is 42.5 Å². The van der Waals surface area contributed by atoms with Gasteiger partial charge in [-0.05, 0) is 12.1 Å². The molecule has 0 N–H and O–H groups in total. The molecule has 0 radical (unpaired) electrons. The molecule has 2 aromatic heterocycles. The molecule has 0 spiro atoms. The number of aromatic nitrogens is 2. The first kappa shape index (κ1) is 14.6. The number of carbonyl (C=O) groups is 1. The number of para-hydroxylation sites is 2. The molecular formula is C18H12N2O3S. The van der Waals surface area contributed by atoms with Gasteiger partial charge in [-0.15, -0.1) is 11.3 Å². The van der Waals surface area contributed by atoms with Crippen LogP contribution in [0.4, 0.5) is 0 Å². The molecule has 2 heterocycles. The van der Waals surface area contributed by atoms with Crippen molar-refractivity contribution >= 4 is 28.4 Å². The van der Waals surface area contributed by atoms with Gasteiger partial charge in [0, 0.05) is 10.9 Å². The number of hydrogen-bond donors (Lipinski definition) is 0. The quantitative estimate of drug-likeness (QED) is 0.520. The van der Waals surface area contributed by atoms with Gasteiger partial charge in [-0.25, -0.2) is 14.8 Å². The van der Waals surface area contributed by atoms with Gasteiger partial charge in [0.05, 0.1) is 0 Å². The molecule has 0 saturated heterocycles. The van der Waals surface area contributed by atoms with E-state index in [9.17, 15) is 4.79 Å². The molecule has 0 aliphatic rings. The molecule has 0 bridgehead atoms. The predicted molar refractivity (Wildman–Crippen MR) is 90.7 cm³/mol. The normalized spacial score (nSPS) is 10.8. The SMILES string of the molecule is O=C(OCc1nc2ccccc2o1)c1csc(-c2ccccc2)n1. The molecule has 0 amide bonds. The molecule has 4 aromatic rings. The van der Waals surface area contributed by atoms with Crippen molar-refractivity contribution in [2.75, 3.05) is 0 Å². The summed E-state index contributed by atoms with van der Waals surface area (Å²) in [6.07, 6.45) is 0. The number of esters is 1. The van der Waals surface area contributed by atoms with Gasteiger partial charge in [0.2, 0.25) is 5.89 Å². The number of nitrogens with zero attached hydrogens (tertiary/aromatic N) is 2. The number of benzene rings is 2. The third kappa shape index (κ3) is 2.91. The van der Waals surface area contributed by atoms with Crippen LogP contribution in [0.2, 0.25) is 0 Å². The number of oxazole rings is 1. The Morgan fingerprint density at radius 3 is 2.67 bits per heavy atom. The van der Waals surface area contributed by atoms with Crippen LogP contribution in [0.5, 0.6) is 0 Å². The molecule has 5 nitrogen and oxygen atoms in total. The van der Waals surface area contributed by atoms with E-state index in [1.165, 1.54) is 11.3 Å². The molecule has 4 rings (SSSR count). The molecule has 2 aromatic carbocycles. The smallest absolute Gasteiger partial charge is 0.358 e. The zero-order valence-corrected chi connectivity index (χ0v) is 13.3. The second kappa shape index (κ2) is 6.25. The Labute approximate surface area is 141 Å². The summed E-state index contributed by atoms with van der Waals surface area (Å²) in [5.74, 6) is -0.126. The van der Waals surface area contributed by atoms with Crippen molar-refractivity contribution in [1.82, 2.24) is 9.97 Å². The topological polar surface area (TPSA) is 65.2 Å². The Morgan fingerprint density at radius 2 is 1.83 bits per heavy atom. The van der Waals surface area contributed by atoms with Crippen molar-refractivity contribution in [3.63, 3.8) is 0 Å². The molecule has 0 aliphatic carbocycles. The van der Waals surface area contributed by atoms with Crippen molar-refractivity contribution in [1.29, 1.82) is 0 Å². The van der Waals surface area contributed by atoms with E-state index in [1.54, 1.807) is 5.38 Å². The zero-order chi connectivity index (χ0) is 16.4. The summed E-state index contributed by atoms with van der Waals surface area (Å²) in [6.45, 7) is -0.0221. The highest BCUT2D eigenvalue weighted by molar-refractivity contribution is 7.13. The Balaban J connectivity index is 1.45. The first-order valence-corrected chi connectivity index (χ1v) is 8.20. The highest BCUT2D eigenvalue weighted by atomic mass is 32.1. The highest BCUT2D eigenvalue weighted by Crippen LogP contribution is 2.24. The summed E-state index contributed by atoms with van der Waals surface area (Å²) in [6, 6.07) is 17.1. The monoisotopic (exact) mass is 336 g/mol. The van der Waals surface area contributed by atoms with E-state index in [-0.39, 0.29) is 12.3 Å². The lowest BCUT2D eigenvalue weighted by atomic mass is 10.2. The largest absolute Gasteiger partial charge is 0.451 e. The third-order valence-electron chi connectivity index (χ3n) is 3.40. The van der Waals surface area contributed by atoms with Crippen LogP contribution in [0.1, 0.15) is 16.4 Å². The zero-order valence-electron chi connectivity index (χ0n) is 12.5. The predicted octanol–water partition coefficient (Wildman–Crippen LogP) is 4.31. The Morgan fingerprint density at radius 1 is 1.04 bits per heavy atom. The lowest BCUT2D eigenvalue weighted by Crippen LogP contribution is -2.05. The summed E-state index contributed by atoms with van der Waals surface area (Å²) < 4.78 is 10.8. The summed E-state index contributed by atoms with van der Waals surface area (Å²) >= 11 is 1.41. The first-order valence-electron chi connectivity index (χ1n) is 7.32. The molecule has 24 heavy (non-hydrogen) atoms. The van der Waals surface area contributed by atoms with E-state index in [1.807, 2.05) is 54.6 Å². The van der Waals surface area contributed by atoms with E-state index in [0.717, 1.165) is 16.1 Å².